The molecule has 1 unspecified atom stereocenters. The molecule has 1 heterocycles. The number of amides is 1. The Morgan fingerprint density at radius 2 is 1.77 bits per heavy atom. The highest BCUT2D eigenvalue weighted by Crippen LogP contribution is 2.24. The molecule has 0 bridgehead atoms. The molecule has 4 aromatic rings. The Morgan fingerprint density at radius 3 is 2.54 bits per heavy atom. The first-order valence-corrected chi connectivity index (χ1v) is 12.0. The average molecular weight is 471 g/mol. The van der Waals surface area contributed by atoms with Crippen LogP contribution < -0.4 is 10.1 Å². The SMILES string of the molecule is CCCOc1ccc(/C=C/c2ccc(F)cc2)cc1C(=O)NC(C)Cc1cn(C)c2ccccc12. The lowest BCUT2D eigenvalue weighted by atomic mass is 10.0. The largest absolute Gasteiger partial charge is 0.493 e. The van der Waals surface area contributed by atoms with Crippen LogP contribution in [0.15, 0.2) is 72.9 Å². The molecule has 3 aromatic carbocycles. The summed E-state index contributed by atoms with van der Waals surface area (Å²) in [6.07, 6.45) is 7.51. The highest BCUT2D eigenvalue weighted by Gasteiger charge is 2.17. The van der Waals surface area contributed by atoms with Crippen LogP contribution in [0.2, 0.25) is 0 Å². The maximum absolute atomic E-state index is 13.3. The summed E-state index contributed by atoms with van der Waals surface area (Å²) >= 11 is 0. The Bertz CT molecular complexity index is 1340. The zero-order valence-corrected chi connectivity index (χ0v) is 20.4. The van der Waals surface area contributed by atoms with Crippen LogP contribution in [0.5, 0.6) is 5.75 Å². The van der Waals surface area contributed by atoms with E-state index in [4.69, 9.17) is 4.74 Å². The summed E-state index contributed by atoms with van der Waals surface area (Å²) in [4.78, 5) is 13.3. The van der Waals surface area contributed by atoms with Crippen LogP contribution in [0, 0.1) is 5.82 Å². The Morgan fingerprint density at radius 1 is 1.06 bits per heavy atom. The van der Waals surface area contributed by atoms with E-state index in [1.165, 1.54) is 28.6 Å². The minimum absolute atomic E-state index is 0.0641. The summed E-state index contributed by atoms with van der Waals surface area (Å²) in [5, 5.41) is 4.35. The fraction of sp³-hybridized carbons (Fsp3) is 0.233. The second-order valence-electron chi connectivity index (χ2n) is 8.85. The molecule has 1 aromatic heterocycles. The van der Waals surface area contributed by atoms with Gasteiger partial charge in [-0.3, -0.25) is 4.79 Å². The molecule has 1 N–H and O–H groups in total. The number of aromatic nitrogens is 1. The number of carbonyl (C=O) groups excluding carboxylic acids is 1. The van der Waals surface area contributed by atoms with E-state index in [1.807, 2.05) is 63.4 Å². The van der Waals surface area contributed by atoms with Crippen LogP contribution in [-0.4, -0.2) is 23.1 Å². The van der Waals surface area contributed by atoms with Crippen molar-refractivity contribution in [2.24, 2.45) is 7.05 Å². The molecule has 35 heavy (non-hydrogen) atoms. The first-order chi connectivity index (χ1) is 16.9. The van der Waals surface area contributed by atoms with Crippen molar-refractivity contribution in [3.05, 3.63) is 101 Å². The fourth-order valence-corrected chi connectivity index (χ4v) is 4.20. The summed E-state index contributed by atoms with van der Waals surface area (Å²) in [7, 11) is 2.04. The number of nitrogens with one attached hydrogen (secondary N) is 1. The lowest BCUT2D eigenvalue weighted by molar-refractivity contribution is 0.0936. The molecule has 0 aliphatic carbocycles. The van der Waals surface area contributed by atoms with Crippen LogP contribution in [0.3, 0.4) is 0 Å². The molecule has 0 aliphatic rings. The molecule has 4 nitrogen and oxygen atoms in total. The second-order valence-corrected chi connectivity index (χ2v) is 8.85. The Kier molecular flexibility index (Phi) is 7.66. The molecule has 0 aliphatic heterocycles. The minimum Gasteiger partial charge on any atom is -0.493 e. The fourth-order valence-electron chi connectivity index (χ4n) is 4.20. The van der Waals surface area contributed by atoms with E-state index >= 15 is 0 Å². The zero-order valence-electron chi connectivity index (χ0n) is 20.4. The highest BCUT2D eigenvalue weighted by molar-refractivity contribution is 5.98. The van der Waals surface area contributed by atoms with E-state index in [1.54, 1.807) is 12.1 Å². The van der Waals surface area contributed by atoms with Crippen molar-refractivity contribution in [1.29, 1.82) is 0 Å². The van der Waals surface area contributed by atoms with Crippen molar-refractivity contribution in [1.82, 2.24) is 9.88 Å². The zero-order chi connectivity index (χ0) is 24.8. The molecular weight excluding hydrogens is 439 g/mol. The normalized spacial score (nSPS) is 12.2. The number of aryl methyl sites for hydroxylation is 1. The summed E-state index contributed by atoms with van der Waals surface area (Å²) in [6.45, 7) is 4.59. The topological polar surface area (TPSA) is 43.3 Å². The predicted molar refractivity (Wildman–Crippen MR) is 141 cm³/mol. The Balaban J connectivity index is 1.52. The third kappa shape index (κ3) is 5.99. The van der Waals surface area contributed by atoms with Crippen molar-refractivity contribution in [3.63, 3.8) is 0 Å². The van der Waals surface area contributed by atoms with Gasteiger partial charge >= 0.3 is 0 Å². The third-order valence-corrected chi connectivity index (χ3v) is 5.93. The number of nitrogens with zero attached hydrogens (tertiary/aromatic N) is 1. The van der Waals surface area contributed by atoms with E-state index < -0.39 is 0 Å². The van der Waals surface area contributed by atoms with Gasteiger partial charge in [-0.1, -0.05) is 55.5 Å². The van der Waals surface area contributed by atoms with Crippen molar-refractivity contribution < 1.29 is 13.9 Å². The molecule has 0 fully saturated rings. The van der Waals surface area contributed by atoms with Crippen LogP contribution in [-0.2, 0) is 13.5 Å². The van der Waals surface area contributed by atoms with E-state index in [-0.39, 0.29) is 17.8 Å². The average Bonchev–Trinajstić information content (AvgIpc) is 3.17. The lowest BCUT2D eigenvalue weighted by Gasteiger charge is -2.16. The molecule has 4 rings (SSSR count). The standard InChI is InChI=1S/C30H31FN2O2/c1-4-17-35-29-16-13-23(10-9-22-11-14-25(31)15-12-22)19-27(29)30(34)32-21(2)18-24-20-33(3)28-8-6-5-7-26(24)28/h5-16,19-21H,4,17-18H2,1-3H3,(H,32,34)/b10-9+. The number of hydrogen-bond acceptors (Lipinski definition) is 2. The Labute approximate surface area is 206 Å². The maximum atomic E-state index is 13.3. The van der Waals surface area contributed by atoms with Gasteiger partial charge in [0.1, 0.15) is 11.6 Å². The molecule has 0 saturated heterocycles. The van der Waals surface area contributed by atoms with Gasteiger partial charge in [-0.25, -0.2) is 4.39 Å². The van der Waals surface area contributed by atoms with Crippen LogP contribution >= 0.6 is 0 Å². The van der Waals surface area contributed by atoms with Gasteiger partial charge in [0, 0.05) is 30.2 Å². The number of hydrogen-bond donors (Lipinski definition) is 1. The monoisotopic (exact) mass is 470 g/mol. The van der Waals surface area contributed by atoms with Crippen LogP contribution in [0.1, 0.15) is 47.3 Å². The van der Waals surface area contributed by atoms with Gasteiger partial charge in [0.25, 0.3) is 5.91 Å². The number of benzene rings is 3. The van der Waals surface area contributed by atoms with Gasteiger partial charge in [-0.2, -0.15) is 0 Å². The van der Waals surface area contributed by atoms with E-state index in [0.29, 0.717) is 17.9 Å². The van der Waals surface area contributed by atoms with Gasteiger partial charge < -0.3 is 14.6 Å². The van der Waals surface area contributed by atoms with E-state index in [9.17, 15) is 9.18 Å². The van der Waals surface area contributed by atoms with Crippen LogP contribution in [0.25, 0.3) is 23.1 Å². The molecular formula is C30H31FN2O2. The molecule has 0 saturated carbocycles. The van der Waals surface area contributed by atoms with Crippen molar-refractivity contribution in [2.75, 3.05) is 6.61 Å². The number of carbonyl (C=O) groups is 1. The summed E-state index contributed by atoms with van der Waals surface area (Å²) in [6, 6.07) is 20.1. The van der Waals surface area contributed by atoms with Crippen molar-refractivity contribution in [2.45, 2.75) is 32.7 Å². The third-order valence-electron chi connectivity index (χ3n) is 5.93. The van der Waals surface area contributed by atoms with Gasteiger partial charge in [0.15, 0.2) is 0 Å². The highest BCUT2D eigenvalue weighted by atomic mass is 19.1. The summed E-state index contributed by atoms with van der Waals surface area (Å²) < 4.78 is 21.2. The lowest BCUT2D eigenvalue weighted by Crippen LogP contribution is -2.34. The number of halogens is 1. The van der Waals surface area contributed by atoms with E-state index in [2.05, 4.69) is 28.2 Å². The minimum atomic E-state index is -0.267. The number of ether oxygens (including phenoxy) is 1. The first-order valence-electron chi connectivity index (χ1n) is 12.0. The second kappa shape index (κ2) is 11.0. The smallest absolute Gasteiger partial charge is 0.255 e. The molecule has 180 valence electrons. The summed E-state index contributed by atoms with van der Waals surface area (Å²) in [5.41, 5.74) is 4.63. The molecule has 5 heteroatoms. The predicted octanol–water partition coefficient (Wildman–Crippen LogP) is 6.64. The van der Waals surface area contributed by atoms with E-state index in [0.717, 1.165) is 24.0 Å². The molecule has 0 radical (unpaired) electrons. The molecule has 1 atom stereocenters. The van der Waals surface area contributed by atoms with Gasteiger partial charge in [-0.15, -0.1) is 0 Å². The first kappa shape index (κ1) is 24.3. The summed E-state index contributed by atoms with van der Waals surface area (Å²) in [5.74, 6) is 0.137. The number of fused-ring (bicyclic) bond motifs is 1. The number of para-hydroxylation sites is 1. The maximum Gasteiger partial charge on any atom is 0.255 e. The van der Waals surface area contributed by atoms with Gasteiger partial charge in [-0.05, 0) is 66.8 Å². The Hall–Kier alpha value is -3.86. The van der Waals surface area contributed by atoms with Crippen molar-refractivity contribution in [3.8, 4) is 5.75 Å². The van der Waals surface area contributed by atoms with Gasteiger partial charge in [0.2, 0.25) is 0 Å². The molecule has 0 spiro atoms. The van der Waals surface area contributed by atoms with Crippen LogP contribution in [0.4, 0.5) is 4.39 Å². The molecule has 1 amide bonds. The van der Waals surface area contributed by atoms with Crippen molar-refractivity contribution >= 4 is 29.0 Å². The van der Waals surface area contributed by atoms with Gasteiger partial charge in [0.05, 0.1) is 12.2 Å². The number of rotatable bonds is 9. The quantitative estimate of drug-likeness (QED) is 0.279.